The van der Waals surface area contributed by atoms with E-state index >= 15 is 0 Å². The fraction of sp³-hybridized carbons (Fsp3) is 0.333. The molecule has 7 heteroatoms. The maximum atomic E-state index is 12.6. The summed E-state index contributed by atoms with van der Waals surface area (Å²) >= 11 is 0. The number of ether oxygens (including phenoxy) is 4. The molecular formula is C21H23NO6. The minimum atomic E-state index is -0.801. The Morgan fingerprint density at radius 3 is 2.39 bits per heavy atom. The summed E-state index contributed by atoms with van der Waals surface area (Å²) in [6.07, 6.45) is 0. The Labute approximate surface area is 163 Å². The zero-order valence-corrected chi connectivity index (χ0v) is 16.1. The molecule has 0 spiro atoms. The summed E-state index contributed by atoms with van der Waals surface area (Å²) in [7, 11) is 0. The van der Waals surface area contributed by atoms with Crippen LogP contribution in [0, 0.1) is 5.92 Å². The van der Waals surface area contributed by atoms with E-state index < -0.39 is 12.0 Å². The van der Waals surface area contributed by atoms with E-state index in [2.05, 4.69) is 5.32 Å². The minimum absolute atomic E-state index is 0.138. The van der Waals surface area contributed by atoms with Crippen LogP contribution in [-0.2, 0) is 4.79 Å². The summed E-state index contributed by atoms with van der Waals surface area (Å²) in [5.74, 6) is 1.07. The van der Waals surface area contributed by atoms with E-state index in [1.54, 1.807) is 42.5 Å². The summed E-state index contributed by atoms with van der Waals surface area (Å²) in [6, 6.07) is 10.8. The average Bonchev–Trinajstić information content (AvgIpc) is 3.14. The van der Waals surface area contributed by atoms with Crippen LogP contribution >= 0.6 is 0 Å². The summed E-state index contributed by atoms with van der Waals surface area (Å²) in [5.41, 5.74) is 0.435. The molecule has 0 aliphatic carbocycles. The fourth-order valence-corrected chi connectivity index (χ4v) is 2.71. The molecule has 148 valence electrons. The molecule has 0 saturated heterocycles. The highest BCUT2D eigenvalue weighted by molar-refractivity contribution is 5.97. The Bertz CT molecular complexity index is 846. The van der Waals surface area contributed by atoms with E-state index in [0.717, 1.165) is 0 Å². The van der Waals surface area contributed by atoms with Crippen molar-refractivity contribution in [3.63, 3.8) is 0 Å². The van der Waals surface area contributed by atoms with Gasteiger partial charge < -0.3 is 24.3 Å². The van der Waals surface area contributed by atoms with Crippen molar-refractivity contribution >= 4 is 11.9 Å². The monoisotopic (exact) mass is 385 g/mol. The zero-order valence-electron chi connectivity index (χ0n) is 16.1. The number of rotatable bonds is 7. The first-order chi connectivity index (χ1) is 13.5. The van der Waals surface area contributed by atoms with Crippen LogP contribution in [0.4, 0.5) is 0 Å². The van der Waals surface area contributed by atoms with Gasteiger partial charge >= 0.3 is 5.97 Å². The van der Waals surface area contributed by atoms with Crippen LogP contribution in [-0.4, -0.2) is 31.3 Å². The van der Waals surface area contributed by atoms with Crippen LogP contribution < -0.4 is 24.3 Å². The van der Waals surface area contributed by atoms with Crippen molar-refractivity contribution < 1.29 is 28.5 Å². The molecule has 0 bridgehead atoms. The number of esters is 1. The van der Waals surface area contributed by atoms with Gasteiger partial charge in [-0.2, -0.15) is 0 Å². The van der Waals surface area contributed by atoms with Gasteiger partial charge in [-0.3, -0.25) is 4.79 Å². The topological polar surface area (TPSA) is 83.1 Å². The number of carbonyl (C=O) groups excluding carboxylic acids is 2. The number of hydrogen-bond acceptors (Lipinski definition) is 6. The Balaban J connectivity index is 1.66. The number of nitrogens with one attached hydrogen (secondary N) is 1. The Morgan fingerprint density at radius 1 is 1.04 bits per heavy atom. The second-order valence-electron chi connectivity index (χ2n) is 6.59. The molecule has 1 N–H and O–H groups in total. The quantitative estimate of drug-likeness (QED) is 0.582. The average molecular weight is 385 g/mol. The van der Waals surface area contributed by atoms with Gasteiger partial charge in [-0.15, -0.1) is 0 Å². The molecule has 2 aromatic rings. The van der Waals surface area contributed by atoms with E-state index in [4.69, 9.17) is 18.9 Å². The SMILES string of the molecule is CCOc1ccc(C(=O)NC(C(=O)Oc2ccc3c(c2)OCO3)C(C)C)cc1. The van der Waals surface area contributed by atoms with Gasteiger partial charge in [0.15, 0.2) is 11.5 Å². The van der Waals surface area contributed by atoms with E-state index in [1.807, 2.05) is 20.8 Å². The van der Waals surface area contributed by atoms with Gasteiger partial charge in [0.2, 0.25) is 6.79 Å². The van der Waals surface area contributed by atoms with Crippen molar-refractivity contribution in [1.82, 2.24) is 5.32 Å². The van der Waals surface area contributed by atoms with Crippen molar-refractivity contribution in [3.05, 3.63) is 48.0 Å². The molecule has 28 heavy (non-hydrogen) atoms. The van der Waals surface area contributed by atoms with Crippen molar-refractivity contribution in [2.75, 3.05) is 13.4 Å². The summed E-state index contributed by atoms with van der Waals surface area (Å²) in [5, 5.41) is 2.75. The van der Waals surface area contributed by atoms with Crippen LogP contribution in [0.3, 0.4) is 0 Å². The molecule has 1 unspecified atom stereocenters. The third-order valence-corrected chi connectivity index (χ3v) is 4.20. The van der Waals surface area contributed by atoms with E-state index in [0.29, 0.717) is 35.2 Å². The highest BCUT2D eigenvalue weighted by atomic mass is 16.7. The predicted octanol–water partition coefficient (Wildman–Crippen LogP) is 3.17. The van der Waals surface area contributed by atoms with Gasteiger partial charge in [0.25, 0.3) is 5.91 Å². The molecule has 1 atom stereocenters. The van der Waals surface area contributed by atoms with Crippen molar-refractivity contribution in [1.29, 1.82) is 0 Å². The number of hydrogen-bond donors (Lipinski definition) is 1. The molecule has 1 aliphatic rings. The highest BCUT2D eigenvalue weighted by Crippen LogP contribution is 2.35. The number of amides is 1. The number of benzene rings is 2. The molecule has 7 nitrogen and oxygen atoms in total. The third kappa shape index (κ3) is 4.54. The Hall–Kier alpha value is -3.22. The van der Waals surface area contributed by atoms with Crippen LogP contribution in [0.2, 0.25) is 0 Å². The normalized spacial score (nSPS) is 13.1. The van der Waals surface area contributed by atoms with Gasteiger partial charge in [-0.05, 0) is 49.2 Å². The number of carbonyl (C=O) groups is 2. The first kappa shape index (κ1) is 19.5. The maximum absolute atomic E-state index is 12.6. The van der Waals surface area contributed by atoms with Crippen molar-refractivity contribution in [2.45, 2.75) is 26.8 Å². The molecule has 0 radical (unpaired) electrons. The van der Waals surface area contributed by atoms with Crippen molar-refractivity contribution in [3.8, 4) is 23.0 Å². The fourth-order valence-electron chi connectivity index (χ4n) is 2.71. The van der Waals surface area contributed by atoms with Crippen LogP contribution in [0.25, 0.3) is 0 Å². The lowest BCUT2D eigenvalue weighted by atomic mass is 10.0. The standard InChI is InChI=1S/C21H23NO6/c1-4-25-15-7-5-14(6-8-15)20(23)22-19(13(2)3)21(24)28-16-9-10-17-18(11-16)27-12-26-17/h5-11,13,19H,4,12H2,1-3H3,(H,22,23). The van der Waals surface area contributed by atoms with Crippen LogP contribution in [0.1, 0.15) is 31.1 Å². The van der Waals surface area contributed by atoms with Gasteiger partial charge in [0.05, 0.1) is 6.61 Å². The minimum Gasteiger partial charge on any atom is -0.494 e. The largest absolute Gasteiger partial charge is 0.494 e. The second kappa shape index (κ2) is 8.65. The highest BCUT2D eigenvalue weighted by Gasteiger charge is 2.27. The molecule has 1 aliphatic heterocycles. The lowest BCUT2D eigenvalue weighted by Crippen LogP contribution is -2.46. The Kier molecular flexibility index (Phi) is 6.03. The van der Waals surface area contributed by atoms with Crippen LogP contribution in [0.5, 0.6) is 23.0 Å². The summed E-state index contributed by atoms with van der Waals surface area (Å²) in [6.45, 7) is 6.25. The van der Waals surface area contributed by atoms with Crippen LogP contribution in [0.15, 0.2) is 42.5 Å². The summed E-state index contributed by atoms with van der Waals surface area (Å²) < 4.78 is 21.3. The van der Waals surface area contributed by atoms with Gasteiger partial charge in [-0.1, -0.05) is 13.8 Å². The molecule has 1 heterocycles. The molecule has 2 aromatic carbocycles. The lowest BCUT2D eigenvalue weighted by Gasteiger charge is -2.21. The molecule has 0 saturated carbocycles. The molecule has 0 aromatic heterocycles. The van der Waals surface area contributed by atoms with E-state index in [9.17, 15) is 9.59 Å². The second-order valence-corrected chi connectivity index (χ2v) is 6.59. The summed E-state index contributed by atoms with van der Waals surface area (Å²) in [4.78, 5) is 25.2. The smallest absolute Gasteiger partial charge is 0.334 e. The first-order valence-corrected chi connectivity index (χ1v) is 9.13. The first-order valence-electron chi connectivity index (χ1n) is 9.13. The van der Waals surface area contributed by atoms with Gasteiger partial charge in [-0.25, -0.2) is 4.79 Å². The predicted molar refractivity (Wildman–Crippen MR) is 102 cm³/mol. The molecule has 3 rings (SSSR count). The van der Waals surface area contributed by atoms with Gasteiger partial charge in [0, 0.05) is 11.6 Å². The van der Waals surface area contributed by atoms with E-state index in [-0.39, 0.29) is 18.6 Å². The molecule has 0 fully saturated rings. The Morgan fingerprint density at radius 2 is 1.71 bits per heavy atom. The number of fused-ring (bicyclic) bond motifs is 1. The van der Waals surface area contributed by atoms with E-state index in [1.165, 1.54) is 0 Å². The van der Waals surface area contributed by atoms with Crippen molar-refractivity contribution in [2.24, 2.45) is 5.92 Å². The zero-order chi connectivity index (χ0) is 20.1. The maximum Gasteiger partial charge on any atom is 0.334 e. The molecular weight excluding hydrogens is 362 g/mol. The lowest BCUT2D eigenvalue weighted by molar-refractivity contribution is -0.137. The molecule has 1 amide bonds. The third-order valence-electron chi connectivity index (χ3n) is 4.20. The van der Waals surface area contributed by atoms with Gasteiger partial charge in [0.1, 0.15) is 17.5 Å².